The Morgan fingerprint density at radius 2 is 1.87 bits per heavy atom. The maximum Gasteiger partial charge on any atom is 0.243 e. The lowest BCUT2D eigenvalue weighted by Gasteiger charge is -2.24. The number of ether oxygens (including phenoxy) is 2. The van der Waals surface area contributed by atoms with Gasteiger partial charge in [0, 0.05) is 45.7 Å². The SMILES string of the molecule is CN(C)c1cc(CN(C)S(=O)(=O)c2ccc3c(c2)OCCO3)nc(C2CCCNC2)n1. The van der Waals surface area contributed by atoms with Crippen molar-refractivity contribution in [3.8, 4) is 11.5 Å². The van der Waals surface area contributed by atoms with E-state index in [1.54, 1.807) is 19.2 Å². The second kappa shape index (κ2) is 8.97. The molecule has 1 atom stereocenters. The first kappa shape index (κ1) is 21.8. The molecule has 1 unspecified atom stereocenters. The Kier molecular flexibility index (Phi) is 6.31. The number of hydrogen-bond acceptors (Lipinski definition) is 8. The van der Waals surface area contributed by atoms with Crippen molar-refractivity contribution in [2.24, 2.45) is 0 Å². The summed E-state index contributed by atoms with van der Waals surface area (Å²) in [5.41, 5.74) is 0.669. The molecule has 1 aromatic heterocycles. The van der Waals surface area contributed by atoms with Crippen LogP contribution in [0.25, 0.3) is 0 Å². The van der Waals surface area contributed by atoms with Crippen molar-refractivity contribution in [1.29, 1.82) is 0 Å². The topological polar surface area (TPSA) is 96.9 Å². The van der Waals surface area contributed by atoms with Gasteiger partial charge in [0.1, 0.15) is 24.9 Å². The minimum Gasteiger partial charge on any atom is -0.486 e. The van der Waals surface area contributed by atoms with Crippen LogP contribution in [-0.4, -0.2) is 70.1 Å². The molecule has 0 amide bonds. The van der Waals surface area contributed by atoms with E-state index in [-0.39, 0.29) is 17.4 Å². The van der Waals surface area contributed by atoms with Crippen LogP contribution in [0, 0.1) is 0 Å². The molecule has 168 valence electrons. The number of rotatable bonds is 6. The monoisotopic (exact) mass is 447 g/mol. The van der Waals surface area contributed by atoms with Gasteiger partial charge in [-0.1, -0.05) is 0 Å². The predicted molar refractivity (Wildman–Crippen MR) is 117 cm³/mol. The molecule has 1 saturated heterocycles. The number of anilines is 1. The summed E-state index contributed by atoms with van der Waals surface area (Å²) in [6.45, 7) is 2.85. The van der Waals surface area contributed by atoms with Gasteiger partial charge < -0.3 is 19.7 Å². The maximum absolute atomic E-state index is 13.2. The molecule has 0 radical (unpaired) electrons. The summed E-state index contributed by atoms with van der Waals surface area (Å²) in [5.74, 6) is 2.77. The van der Waals surface area contributed by atoms with Crippen molar-refractivity contribution in [3.05, 3.63) is 35.8 Å². The van der Waals surface area contributed by atoms with Crippen LogP contribution in [0.5, 0.6) is 11.5 Å². The number of hydrogen-bond donors (Lipinski definition) is 1. The van der Waals surface area contributed by atoms with E-state index in [1.807, 2.05) is 25.1 Å². The highest BCUT2D eigenvalue weighted by Crippen LogP contribution is 2.33. The minimum absolute atomic E-state index is 0.146. The first-order chi connectivity index (χ1) is 14.8. The summed E-state index contributed by atoms with van der Waals surface area (Å²) in [4.78, 5) is 11.5. The van der Waals surface area contributed by atoms with Crippen LogP contribution in [-0.2, 0) is 16.6 Å². The first-order valence-corrected chi connectivity index (χ1v) is 11.9. The Morgan fingerprint density at radius 1 is 1.10 bits per heavy atom. The van der Waals surface area contributed by atoms with E-state index in [9.17, 15) is 8.42 Å². The van der Waals surface area contributed by atoms with Gasteiger partial charge in [0.25, 0.3) is 0 Å². The molecule has 10 heteroatoms. The molecule has 0 spiro atoms. The van der Waals surface area contributed by atoms with Crippen LogP contribution >= 0.6 is 0 Å². The number of fused-ring (bicyclic) bond motifs is 1. The van der Waals surface area contributed by atoms with Gasteiger partial charge in [0.2, 0.25) is 10.0 Å². The van der Waals surface area contributed by atoms with Crippen molar-refractivity contribution < 1.29 is 17.9 Å². The number of nitrogens with one attached hydrogen (secondary N) is 1. The maximum atomic E-state index is 13.2. The molecule has 31 heavy (non-hydrogen) atoms. The quantitative estimate of drug-likeness (QED) is 0.713. The van der Waals surface area contributed by atoms with Gasteiger partial charge >= 0.3 is 0 Å². The highest BCUT2D eigenvalue weighted by molar-refractivity contribution is 7.89. The van der Waals surface area contributed by atoms with E-state index in [1.165, 1.54) is 10.4 Å². The second-order valence-corrected chi connectivity index (χ2v) is 10.1. The van der Waals surface area contributed by atoms with Gasteiger partial charge in [-0.25, -0.2) is 18.4 Å². The summed E-state index contributed by atoms with van der Waals surface area (Å²) >= 11 is 0. The highest BCUT2D eigenvalue weighted by Gasteiger charge is 2.26. The molecule has 4 rings (SSSR count). The third-order valence-corrected chi connectivity index (χ3v) is 7.31. The third kappa shape index (κ3) is 4.76. The van der Waals surface area contributed by atoms with Gasteiger partial charge in [-0.15, -0.1) is 0 Å². The summed E-state index contributed by atoms with van der Waals surface area (Å²) in [5, 5.41) is 3.39. The minimum atomic E-state index is -3.73. The van der Waals surface area contributed by atoms with E-state index >= 15 is 0 Å². The fourth-order valence-electron chi connectivity index (χ4n) is 3.75. The molecule has 9 nitrogen and oxygen atoms in total. The second-order valence-electron chi connectivity index (χ2n) is 8.08. The lowest BCUT2D eigenvalue weighted by atomic mass is 9.99. The van der Waals surface area contributed by atoms with Gasteiger partial charge in [-0.05, 0) is 31.5 Å². The van der Waals surface area contributed by atoms with Gasteiger partial charge in [0.15, 0.2) is 11.5 Å². The third-order valence-electron chi connectivity index (χ3n) is 5.51. The lowest BCUT2D eigenvalue weighted by molar-refractivity contribution is 0.171. The average Bonchev–Trinajstić information content (AvgIpc) is 2.79. The number of sulfonamides is 1. The first-order valence-electron chi connectivity index (χ1n) is 10.5. The fourth-order valence-corrected chi connectivity index (χ4v) is 4.90. The van der Waals surface area contributed by atoms with E-state index in [2.05, 4.69) is 5.32 Å². The summed E-state index contributed by atoms with van der Waals surface area (Å²) < 4.78 is 38.7. The van der Waals surface area contributed by atoms with Crippen molar-refractivity contribution in [1.82, 2.24) is 19.6 Å². The molecule has 2 aromatic rings. The predicted octanol–water partition coefficient (Wildman–Crippen LogP) is 1.60. The smallest absolute Gasteiger partial charge is 0.243 e. The molecule has 0 saturated carbocycles. The van der Waals surface area contributed by atoms with Crippen LogP contribution in [0.4, 0.5) is 5.82 Å². The van der Waals surface area contributed by atoms with Crippen molar-refractivity contribution >= 4 is 15.8 Å². The Hall–Kier alpha value is -2.43. The molecule has 3 heterocycles. The molecule has 1 aromatic carbocycles. The van der Waals surface area contributed by atoms with Gasteiger partial charge in [0.05, 0.1) is 17.1 Å². The zero-order valence-corrected chi connectivity index (χ0v) is 19.0. The molecule has 2 aliphatic rings. The van der Waals surface area contributed by atoms with Crippen LogP contribution in [0.3, 0.4) is 0 Å². The largest absolute Gasteiger partial charge is 0.486 e. The number of nitrogens with zero attached hydrogens (tertiary/aromatic N) is 4. The van der Waals surface area contributed by atoms with Gasteiger partial charge in [-0.2, -0.15) is 4.31 Å². The zero-order valence-electron chi connectivity index (χ0n) is 18.2. The Bertz CT molecular complexity index is 1040. The number of aromatic nitrogens is 2. The normalized spacial score (nSPS) is 18.8. The highest BCUT2D eigenvalue weighted by atomic mass is 32.2. The van der Waals surface area contributed by atoms with Crippen LogP contribution < -0.4 is 19.7 Å². The molecule has 2 aliphatic heterocycles. The zero-order chi connectivity index (χ0) is 22.0. The molecular weight excluding hydrogens is 418 g/mol. The molecular formula is C21H29N5O4S. The van der Waals surface area contributed by atoms with E-state index in [0.29, 0.717) is 30.4 Å². The van der Waals surface area contributed by atoms with Crippen LogP contribution in [0.15, 0.2) is 29.2 Å². The molecule has 1 fully saturated rings. The summed E-state index contributed by atoms with van der Waals surface area (Å²) in [6.07, 6.45) is 2.10. The van der Waals surface area contributed by atoms with Crippen molar-refractivity contribution in [2.75, 3.05) is 52.3 Å². The van der Waals surface area contributed by atoms with Crippen molar-refractivity contribution in [3.63, 3.8) is 0 Å². The van der Waals surface area contributed by atoms with E-state index < -0.39 is 10.0 Å². The van der Waals surface area contributed by atoms with E-state index in [4.69, 9.17) is 19.4 Å². The number of benzene rings is 1. The molecule has 0 bridgehead atoms. The Balaban J connectivity index is 1.59. The lowest BCUT2D eigenvalue weighted by Crippen LogP contribution is -2.31. The average molecular weight is 448 g/mol. The standard InChI is InChI=1S/C21H29N5O4S/c1-25(2)20-11-16(23-21(24-20)15-5-4-8-22-13-15)14-26(3)31(27,28)17-6-7-18-19(12-17)30-10-9-29-18/h6-7,11-12,15,22H,4-5,8-10,13-14H2,1-3H3. The summed E-state index contributed by atoms with van der Waals surface area (Å²) in [6, 6.07) is 6.54. The van der Waals surface area contributed by atoms with E-state index in [0.717, 1.165) is 37.6 Å². The fraction of sp³-hybridized carbons (Fsp3) is 0.524. The Morgan fingerprint density at radius 3 is 2.58 bits per heavy atom. The number of piperidine rings is 1. The summed E-state index contributed by atoms with van der Waals surface area (Å²) in [7, 11) is 1.67. The molecule has 1 N–H and O–H groups in total. The van der Waals surface area contributed by atoms with Gasteiger partial charge in [-0.3, -0.25) is 0 Å². The molecule has 0 aliphatic carbocycles. The van der Waals surface area contributed by atoms with Crippen LogP contribution in [0.1, 0.15) is 30.3 Å². The van der Waals surface area contributed by atoms with Crippen LogP contribution in [0.2, 0.25) is 0 Å². The van der Waals surface area contributed by atoms with Crippen molar-refractivity contribution in [2.45, 2.75) is 30.2 Å². The Labute approximate surface area is 183 Å².